The Kier molecular flexibility index (Phi) is 5.08. The van der Waals surface area contributed by atoms with Crippen LogP contribution in [0.1, 0.15) is 33.6 Å². The van der Waals surface area contributed by atoms with Gasteiger partial charge in [0.1, 0.15) is 0 Å². The van der Waals surface area contributed by atoms with Crippen molar-refractivity contribution in [3.8, 4) is 11.1 Å². The lowest BCUT2D eigenvalue weighted by Crippen LogP contribution is -2.42. The summed E-state index contributed by atoms with van der Waals surface area (Å²) in [6.45, 7) is 1.13. The number of aromatic amines is 1. The number of carbonyl (C=O) groups is 2. The van der Waals surface area contributed by atoms with Gasteiger partial charge in [0, 0.05) is 30.1 Å². The number of rotatable bonds is 4. The van der Waals surface area contributed by atoms with Crippen LogP contribution in [0.3, 0.4) is 0 Å². The molecular weight excluding hydrogens is 386 g/mol. The van der Waals surface area contributed by atoms with Crippen molar-refractivity contribution < 1.29 is 9.59 Å². The zero-order chi connectivity index (χ0) is 21.2. The average molecular weight is 409 g/mol. The highest BCUT2D eigenvalue weighted by atomic mass is 16.2. The Balaban J connectivity index is 1.30. The first-order valence-electron chi connectivity index (χ1n) is 10.6. The summed E-state index contributed by atoms with van der Waals surface area (Å²) < 4.78 is 0. The van der Waals surface area contributed by atoms with Crippen molar-refractivity contribution >= 4 is 22.7 Å². The molecule has 0 bridgehead atoms. The number of ketones is 1. The minimum atomic E-state index is -0.170. The van der Waals surface area contributed by atoms with Crippen molar-refractivity contribution in [2.45, 2.75) is 12.8 Å². The minimum Gasteiger partial charge on any atom is -0.345 e. The van der Waals surface area contributed by atoms with Gasteiger partial charge in [-0.05, 0) is 42.2 Å². The third-order valence-electron chi connectivity index (χ3n) is 6.02. The highest BCUT2D eigenvalue weighted by Crippen LogP contribution is 2.25. The summed E-state index contributed by atoms with van der Waals surface area (Å²) in [5.41, 5.74) is 5.23. The molecule has 4 aromatic rings. The lowest BCUT2D eigenvalue weighted by Gasteiger charge is -2.32. The van der Waals surface area contributed by atoms with Crippen LogP contribution in [0.15, 0.2) is 79.1 Å². The van der Waals surface area contributed by atoms with Crippen molar-refractivity contribution in [1.29, 1.82) is 0 Å². The van der Waals surface area contributed by atoms with Crippen LogP contribution in [0.25, 0.3) is 22.2 Å². The van der Waals surface area contributed by atoms with Crippen LogP contribution in [0, 0.1) is 5.92 Å². The van der Waals surface area contributed by atoms with Gasteiger partial charge < -0.3 is 9.88 Å². The summed E-state index contributed by atoms with van der Waals surface area (Å²) in [5, 5.41) is 0. The molecule has 1 atom stereocenters. The van der Waals surface area contributed by atoms with E-state index in [1.807, 2.05) is 59.5 Å². The molecule has 5 nitrogen and oxygen atoms in total. The first kappa shape index (κ1) is 19.2. The Morgan fingerprint density at radius 1 is 0.903 bits per heavy atom. The maximum Gasteiger partial charge on any atom is 0.253 e. The highest BCUT2D eigenvalue weighted by Gasteiger charge is 2.29. The SMILES string of the molecule is O=C(c1ccc(-c2ccccc2)cc1)[C@H]1CCCN(C(=O)c2ccc3nc[nH]c3c2)C1. The van der Waals surface area contributed by atoms with Gasteiger partial charge in [-0.15, -0.1) is 0 Å². The molecule has 1 N–H and O–H groups in total. The third-order valence-corrected chi connectivity index (χ3v) is 6.02. The lowest BCUT2D eigenvalue weighted by molar-refractivity contribution is 0.0637. The van der Waals surface area contributed by atoms with E-state index < -0.39 is 0 Å². The van der Waals surface area contributed by atoms with Crippen LogP contribution >= 0.6 is 0 Å². The van der Waals surface area contributed by atoms with E-state index in [0.717, 1.165) is 35.0 Å². The standard InChI is InChI=1S/C26H23N3O2/c30-25(20-10-8-19(9-11-20)18-5-2-1-3-6-18)22-7-4-14-29(16-22)26(31)21-12-13-23-24(15-21)28-17-27-23/h1-3,5-6,8-13,15,17,22H,4,7,14,16H2,(H,27,28)/t22-/m0/s1. The number of H-pyrrole nitrogens is 1. The van der Waals surface area contributed by atoms with E-state index in [9.17, 15) is 9.59 Å². The minimum absolute atomic E-state index is 0.0339. The van der Waals surface area contributed by atoms with Crippen molar-refractivity contribution in [3.63, 3.8) is 0 Å². The number of fused-ring (bicyclic) bond motifs is 1. The highest BCUT2D eigenvalue weighted by molar-refractivity contribution is 6.00. The van der Waals surface area contributed by atoms with Gasteiger partial charge in [0.05, 0.1) is 17.4 Å². The number of Topliss-reactive ketones (excluding diaryl/α,β-unsaturated/α-hetero) is 1. The molecule has 0 saturated carbocycles. The molecule has 1 fully saturated rings. The first-order valence-corrected chi connectivity index (χ1v) is 10.6. The number of imidazole rings is 1. The van der Waals surface area contributed by atoms with E-state index in [2.05, 4.69) is 22.1 Å². The van der Waals surface area contributed by atoms with Crippen LogP contribution in [0.2, 0.25) is 0 Å². The van der Waals surface area contributed by atoms with Crippen molar-refractivity contribution in [2.24, 2.45) is 5.92 Å². The second-order valence-electron chi connectivity index (χ2n) is 8.03. The number of carbonyl (C=O) groups excluding carboxylic acids is 2. The largest absolute Gasteiger partial charge is 0.345 e. The molecule has 3 aromatic carbocycles. The predicted octanol–water partition coefficient (Wildman–Crippen LogP) is 4.97. The molecule has 0 aliphatic carbocycles. The Bertz CT molecular complexity index is 1230. The smallest absolute Gasteiger partial charge is 0.253 e. The zero-order valence-electron chi connectivity index (χ0n) is 17.1. The number of nitrogens with zero attached hydrogens (tertiary/aromatic N) is 2. The van der Waals surface area contributed by atoms with E-state index in [4.69, 9.17) is 0 Å². The summed E-state index contributed by atoms with van der Waals surface area (Å²) in [4.78, 5) is 35.2. The second kappa shape index (κ2) is 8.19. The van der Waals surface area contributed by atoms with Crippen LogP contribution in [0.4, 0.5) is 0 Å². The lowest BCUT2D eigenvalue weighted by atomic mass is 9.89. The van der Waals surface area contributed by atoms with Crippen LogP contribution in [0.5, 0.6) is 0 Å². The number of amides is 1. The van der Waals surface area contributed by atoms with Crippen LogP contribution < -0.4 is 0 Å². The molecule has 0 unspecified atom stereocenters. The molecule has 0 radical (unpaired) electrons. The fraction of sp³-hybridized carbons (Fsp3) is 0.192. The summed E-state index contributed by atoms with van der Waals surface area (Å²) in [6.07, 6.45) is 3.26. The molecule has 0 spiro atoms. The van der Waals surface area contributed by atoms with E-state index in [1.54, 1.807) is 12.4 Å². The molecule has 5 rings (SSSR count). The summed E-state index contributed by atoms with van der Waals surface area (Å²) in [7, 11) is 0. The van der Waals surface area contributed by atoms with E-state index >= 15 is 0 Å². The number of nitrogens with one attached hydrogen (secondary N) is 1. The molecule has 1 aliphatic rings. The first-order chi connectivity index (χ1) is 15.2. The molecule has 1 aliphatic heterocycles. The van der Waals surface area contributed by atoms with Crippen molar-refractivity contribution in [3.05, 3.63) is 90.3 Å². The maximum absolute atomic E-state index is 13.1. The summed E-state index contributed by atoms with van der Waals surface area (Å²) in [5.74, 6) is -0.0919. The predicted molar refractivity (Wildman–Crippen MR) is 121 cm³/mol. The van der Waals surface area contributed by atoms with Gasteiger partial charge in [0.2, 0.25) is 0 Å². The molecular formula is C26H23N3O2. The van der Waals surface area contributed by atoms with Gasteiger partial charge in [0.15, 0.2) is 5.78 Å². The number of benzene rings is 3. The number of aromatic nitrogens is 2. The van der Waals surface area contributed by atoms with Gasteiger partial charge in [-0.2, -0.15) is 0 Å². The van der Waals surface area contributed by atoms with Crippen molar-refractivity contribution in [1.82, 2.24) is 14.9 Å². The molecule has 5 heteroatoms. The summed E-state index contributed by atoms with van der Waals surface area (Å²) >= 11 is 0. The van der Waals surface area contributed by atoms with Gasteiger partial charge in [-0.1, -0.05) is 54.6 Å². The Morgan fingerprint density at radius 3 is 2.45 bits per heavy atom. The van der Waals surface area contributed by atoms with Gasteiger partial charge in [0.25, 0.3) is 5.91 Å². The molecule has 1 amide bonds. The van der Waals surface area contributed by atoms with Gasteiger partial charge in [-0.25, -0.2) is 4.98 Å². The second-order valence-corrected chi connectivity index (χ2v) is 8.03. The molecule has 1 saturated heterocycles. The molecule has 2 heterocycles. The van der Waals surface area contributed by atoms with E-state index in [-0.39, 0.29) is 17.6 Å². The topological polar surface area (TPSA) is 66.1 Å². The molecule has 31 heavy (non-hydrogen) atoms. The van der Waals surface area contributed by atoms with Crippen LogP contribution in [-0.4, -0.2) is 39.6 Å². The number of piperidine rings is 1. The third kappa shape index (κ3) is 3.87. The fourth-order valence-corrected chi connectivity index (χ4v) is 4.32. The molecule has 1 aromatic heterocycles. The van der Waals surface area contributed by atoms with Gasteiger partial charge in [-0.3, -0.25) is 9.59 Å². The Labute approximate surface area is 180 Å². The monoisotopic (exact) mass is 409 g/mol. The number of hydrogen-bond acceptors (Lipinski definition) is 3. The molecule has 154 valence electrons. The van der Waals surface area contributed by atoms with Crippen LogP contribution in [-0.2, 0) is 0 Å². The maximum atomic E-state index is 13.1. The number of hydrogen-bond donors (Lipinski definition) is 1. The Morgan fingerprint density at radius 2 is 1.65 bits per heavy atom. The normalized spacial score (nSPS) is 16.4. The van der Waals surface area contributed by atoms with E-state index in [1.165, 1.54) is 0 Å². The number of likely N-dealkylation sites (tertiary alicyclic amines) is 1. The van der Waals surface area contributed by atoms with E-state index in [0.29, 0.717) is 24.2 Å². The quantitative estimate of drug-likeness (QED) is 0.484. The summed E-state index contributed by atoms with van der Waals surface area (Å²) in [6, 6.07) is 23.4. The Hall–Kier alpha value is -3.73. The van der Waals surface area contributed by atoms with Gasteiger partial charge >= 0.3 is 0 Å². The van der Waals surface area contributed by atoms with Crippen molar-refractivity contribution in [2.75, 3.05) is 13.1 Å². The average Bonchev–Trinajstić information content (AvgIpc) is 3.32. The zero-order valence-corrected chi connectivity index (χ0v) is 17.1. The fourth-order valence-electron chi connectivity index (χ4n) is 4.32.